The van der Waals surface area contributed by atoms with Gasteiger partial charge in [-0.25, -0.2) is 4.79 Å². The lowest BCUT2D eigenvalue weighted by Crippen LogP contribution is -2.41. The third kappa shape index (κ3) is 4.45. The number of amides is 2. The van der Waals surface area contributed by atoms with Gasteiger partial charge in [-0.15, -0.1) is 0 Å². The predicted octanol–water partition coefficient (Wildman–Crippen LogP) is 1.12. The normalized spacial score (nSPS) is 12.1. The van der Waals surface area contributed by atoms with Crippen LogP contribution < -0.4 is 5.73 Å². The molecule has 0 aromatic heterocycles. The summed E-state index contributed by atoms with van der Waals surface area (Å²) >= 11 is 0. The minimum Gasteiger partial charge on any atom is -0.480 e. The Morgan fingerprint density at radius 2 is 1.86 bits per heavy atom. The molecule has 21 heavy (non-hydrogen) atoms. The molecule has 1 aromatic rings. The number of carbonyl (C=O) groups is 3. The second-order valence-electron chi connectivity index (χ2n) is 4.53. The first kappa shape index (κ1) is 16.4. The van der Waals surface area contributed by atoms with Crippen LogP contribution in [0.5, 0.6) is 0 Å². The molecule has 0 saturated heterocycles. The highest BCUT2D eigenvalue weighted by Gasteiger charge is 2.22. The lowest BCUT2D eigenvalue weighted by atomic mass is 10.1. The predicted molar refractivity (Wildman–Crippen MR) is 78.5 cm³/mol. The van der Waals surface area contributed by atoms with Crippen LogP contribution in [0.1, 0.15) is 29.3 Å². The van der Waals surface area contributed by atoms with Crippen molar-refractivity contribution in [3.05, 3.63) is 41.5 Å². The van der Waals surface area contributed by atoms with Crippen LogP contribution in [0.25, 0.3) is 6.08 Å². The Morgan fingerprint density at radius 1 is 1.29 bits per heavy atom. The van der Waals surface area contributed by atoms with Gasteiger partial charge in [-0.05, 0) is 30.2 Å². The van der Waals surface area contributed by atoms with Gasteiger partial charge in [0, 0.05) is 18.7 Å². The molecular formula is C15H18N2O4. The van der Waals surface area contributed by atoms with Crippen LogP contribution in [0.2, 0.25) is 0 Å². The van der Waals surface area contributed by atoms with Gasteiger partial charge < -0.3 is 15.7 Å². The van der Waals surface area contributed by atoms with Crippen LogP contribution in [0.15, 0.2) is 30.3 Å². The second-order valence-corrected chi connectivity index (χ2v) is 4.53. The first-order valence-electron chi connectivity index (χ1n) is 6.44. The number of hydrogen-bond acceptors (Lipinski definition) is 3. The fourth-order valence-electron chi connectivity index (χ4n) is 1.81. The van der Waals surface area contributed by atoms with Crippen LogP contribution in [0.3, 0.4) is 0 Å². The average molecular weight is 290 g/mol. The van der Waals surface area contributed by atoms with E-state index in [9.17, 15) is 14.4 Å². The molecule has 0 bridgehead atoms. The zero-order valence-electron chi connectivity index (χ0n) is 11.9. The van der Waals surface area contributed by atoms with Crippen molar-refractivity contribution in [3.8, 4) is 0 Å². The highest BCUT2D eigenvalue weighted by Crippen LogP contribution is 2.08. The van der Waals surface area contributed by atoms with Gasteiger partial charge in [0.2, 0.25) is 11.8 Å². The van der Waals surface area contributed by atoms with Crippen molar-refractivity contribution in [2.24, 2.45) is 5.73 Å². The Labute approximate surface area is 122 Å². The van der Waals surface area contributed by atoms with Crippen LogP contribution >= 0.6 is 0 Å². The minimum atomic E-state index is -1.03. The fraction of sp³-hybridized carbons (Fsp3) is 0.267. The first-order chi connectivity index (χ1) is 9.86. The van der Waals surface area contributed by atoms with Gasteiger partial charge in [0.15, 0.2) is 0 Å². The molecule has 1 rings (SSSR count). The monoisotopic (exact) mass is 290 g/mol. The van der Waals surface area contributed by atoms with E-state index in [1.165, 1.54) is 18.0 Å². The molecule has 1 aromatic carbocycles. The molecule has 112 valence electrons. The Kier molecular flexibility index (Phi) is 5.66. The van der Waals surface area contributed by atoms with Crippen molar-refractivity contribution in [2.45, 2.75) is 19.4 Å². The Bertz CT molecular complexity index is 564. The molecule has 0 radical (unpaired) electrons. The molecule has 0 aliphatic rings. The van der Waals surface area contributed by atoms with Crippen molar-refractivity contribution in [3.63, 3.8) is 0 Å². The number of carboxylic acid groups (broad SMARTS) is 1. The smallest absolute Gasteiger partial charge is 0.326 e. The van der Waals surface area contributed by atoms with Gasteiger partial charge in [0.05, 0.1) is 0 Å². The standard InChI is InChI=1S/C15H18N2O4/c1-3-12(15(20)21)17(2)13(18)9-6-10-4-7-11(8-5-10)14(16)19/h4-9,12H,3H2,1-2H3,(H2,16,19)(H,20,21). The highest BCUT2D eigenvalue weighted by atomic mass is 16.4. The third-order valence-corrected chi connectivity index (χ3v) is 3.10. The number of nitrogens with zero attached hydrogens (tertiary/aromatic N) is 1. The van der Waals surface area contributed by atoms with Crippen LogP contribution in [0.4, 0.5) is 0 Å². The van der Waals surface area contributed by atoms with E-state index < -0.39 is 23.8 Å². The van der Waals surface area contributed by atoms with Gasteiger partial charge in [-0.1, -0.05) is 19.1 Å². The van der Waals surface area contributed by atoms with Gasteiger partial charge in [-0.2, -0.15) is 0 Å². The summed E-state index contributed by atoms with van der Waals surface area (Å²) in [7, 11) is 1.45. The number of likely N-dealkylation sites (N-methyl/N-ethyl adjacent to an activating group) is 1. The molecule has 6 heteroatoms. The maximum atomic E-state index is 11.9. The molecule has 0 heterocycles. The molecule has 1 unspecified atom stereocenters. The molecule has 0 spiro atoms. The molecule has 3 N–H and O–H groups in total. The Morgan fingerprint density at radius 3 is 2.29 bits per heavy atom. The highest BCUT2D eigenvalue weighted by molar-refractivity contribution is 5.95. The lowest BCUT2D eigenvalue weighted by molar-refractivity contribution is -0.147. The number of aliphatic carboxylic acids is 1. The number of rotatable bonds is 6. The van der Waals surface area contributed by atoms with E-state index in [2.05, 4.69) is 0 Å². The number of benzene rings is 1. The van der Waals surface area contributed by atoms with Crippen molar-refractivity contribution in [2.75, 3.05) is 7.05 Å². The quantitative estimate of drug-likeness (QED) is 0.766. The van der Waals surface area contributed by atoms with Crippen LogP contribution in [0, 0.1) is 0 Å². The van der Waals surface area contributed by atoms with Gasteiger partial charge >= 0.3 is 5.97 Å². The number of hydrogen-bond donors (Lipinski definition) is 2. The molecule has 0 aliphatic carbocycles. The van der Waals surface area contributed by atoms with Crippen molar-refractivity contribution >= 4 is 23.9 Å². The van der Waals surface area contributed by atoms with Crippen molar-refractivity contribution in [1.82, 2.24) is 4.90 Å². The SMILES string of the molecule is CCC(C(=O)O)N(C)C(=O)C=Cc1ccc(C(N)=O)cc1. The molecule has 6 nitrogen and oxygen atoms in total. The molecule has 0 aliphatic heterocycles. The number of nitrogens with two attached hydrogens (primary N) is 1. The van der Waals surface area contributed by atoms with Crippen molar-refractivity contribution < 1.29 is 19.5 Å². The average Bonchev–Trinajstić information content (AvgIpc) is 2.45. The third-order valence-electron chi connectivity index (χ3n) is 3.10. The van der Waals surface area contributed by atoms with E-state index in [0.717, 1.165) is 0 Å². The molecule has 1 atom stereocenters. The van der Waals surface area contributed by atoms with E-state index in [0.29, 0.717) is 17.5 Å². The van der Waals surface area contributed by atoms with Gasteiger partial charge in [0.1, 0.15) is 6.04 Å². The molecule has 2 amide bonds. The van der Waals surface area contributed by atoms with Crippen molar-refractivity contribution in [1.29, 1.82) is 0 Å². The van der Waals surface area contributed by atoms with E-state index in [1.807, 2.05) is 0 Å². The zero-order valence-corrected chi connectivity index (χ0v) is 11.9. The summed E-state index contributed by atoms with van der Waals surface area (Å²) in [5, 5.41) is 9.00. The summed E-state index contributed by atoms with van der Waals surface area (Å²) in [5.41, 5.74) is 6.22. The summed E-state index contributed by atoms with van der Waals surface area (Å²) in [6.07, 6.45) is 3.18. The Balaban J connectivity index is 2.77. The van der Waals surface area contributed by atoms with E-state index in [4.69, 9.17) is 10.8 Å². The lowest BCUT2D eigenvalue weighted by Gasteiger charge is -2.22. The minimum absolute atomic E-state index is 0.332. The molecule has 0 fully saturated rings. The maximum absolute atomic E-state index is 11.9. The van der Waals surface area contributed by atoms with Gasteiger partial charge in [-0.3, -0.25) is 9.59 Å². The number of carboxylic acids is 1. The number of primary amides is 1. The van der Waals surface area contributed by atoms with E-state index in [-0.39, 0.29) is 0 Å². The second kappa shape index (κ2) is 7.23. The van der Waals surface area contributed by atoms with Gasteiger partial charge in [0.25, 0.3) is 0 Å². The summed E-state index contributed by atoms with van der Waals surface area (Å²) < 4.78 is 0. The van der Waals surface area contributed by atoms with E-state index in [1.54, 1.807) is 37.3 Å². The largest absolute Gasteiger partial charge is 0.480 e. The summed E-state index contributed by atoms with van der Waals surface area (Å²) in [4.78, 5) is 35.0. The Hall–Kier alpha value is -2.63. The topological polar surface area (TPSA) is 101 Å². The molecule has 0 saturated carbocycles. The number of carbonyl (C=O) groups excluding carboxylic acids is 2. The van der Waals surface area contributed by atoms with Crippen LogP contribution in [-0.2, 0) is 9.59 Å². The zero-order chi connectivity index (χ0) is 16.0. The summed E-state index contributed by atoms with van der Waals surface area (Å²) in [5.74, 6) is -1.95. The summed E-state index contributed by atoms with van der Waals surface area (Å²) in [6, 6.07) is 5.57. The maximum Gasteiger partial charge on any atom is 0.326 e. The summed E-state index contributed by atoms with van der Waals surface area (Å²) in [6.45, 7) is 1.70. The van der Waals surface area contributed by atoms with Crippen LogP contribution in [-0.4, -0.2) is 40.9 Å². The molecular weight excluding hydrogens is 272 g/mol. The fourth-order valence-corrected chi connectivity index (χ4v) is 1.81. The van der Waals surface area contributed by atoms with E-state index >= 15 is 0 Å². The first-order valence-corrected chi connectivity index (χ1v) is 6.44.